The summed E-state index contributed by atoms with van der Waals surface area (Å²) in [5, 5.41) is 9.51. The highest BCUT2D eigenvalue weighted by Gasteiger charge is 2.37. The molecule has 2 atom stereocenters. The Hall–Kier alpha value is -0.170. The molecular weight excluding hydrogens is 240 g/mol. The van der Waals surface area contributed by atoms with Crippen LogP contribution in [0.4, 0.5) is 0 Å². The summed E-state index contributed by atoms with van der Waals surface area (Å²) in [5.41, 5.74) is 0. The predicted octanol–water partition coefficient (Wildman–Crippen LogP) is 0.420. The van der Waals surface area contributed by atoms with Crippen molar-refractivity contribution >= 4 is 10.2 Å². The van der Waals surface area contributed by atoms with Crippen LogP contribution in [0.25, 0.3) is 0 Å². The van der Waals surface area contributed by atoms with Crippen molar-refractivity contribution in [3.8, 4) is 0 Å². The number of nitrogens with zero attached hydrogens (tertiary/aromatic N) is 2. The molecule has 2 aliphatic rings. The third-order valence-electron chi connectivity index (χ3n) is 3.84. The molecule has 2 unspecified atom stereocenters. The van der Waals surface area contributed by atoms with Crippen LogP contribution >= 0.6 is 0 Å². The average molecular weight is 262 g/mol. The maximum Gasteiger partial charge on any atom is 0.281 e. The van der Waals surface area contributed by atoms with Crippen molar-refractivity contribution in [2.45, 2.75) is 38.7 Å². The lowest BCUT2D eigenvalue weighted by atomic mass is 10.0. The van der Waals surface area contributed by atoms with Gasteiger partial charge < -0.3 is 5.11 Å². The summed E-state index contributed by atoms with van der Waals surface area (Å²) in [6.45, 7) is 4.06. The van der Waals surface area contributed by atoms with E-state index >= 15 is 0 Å². The van der Waals surface area contributed by atoms with Crippen molar-refractivity contribution in [3.05, 3.63) is 0 Å². The molecule has 0 aliphatic carbocycles. The van der Waals surface area contributed by atoms with E-state index in [1.165, 1.54) is 4.31 Å². The largest absolute Gasteiger partial charge is 0.393 e. The van der Waals surface area contributed by atoms with Crippen molar-refractivity contribution in [1.82, 2.24) is 8.61 Å². The predicted molar refractivity (Wildman–Crippen MR) is 65.7 cm³/mol. The van der Waals surface area contributed by atoms with Gasteiger partial charge in [-0.05, 0) is 32.1 Å². The van der Waals surface area contributed by atoms with Gasteiger partial charge in [-0.15, -0.1) is 0 Å². The van der Waals surface area contributed by atoms with Gasteiger partial charge in [-0.2, -0.15) is 17.0 Å². The van der Waals surface area contributed by atoms with Gasteiger partial charge in [0.2, 0.25) is 0 Å². The molecule has 2 saturated heterocycles. The molecule has 0 aromatic carbocycles. The van der Waals surface area contributed by atoms with E-state index in [0.29, 0.717) is 26.2 Å². The van der Waals surface area contributed by atoms with Crippen molar-refractivity contribution in [2.24, 2.45) is 5.92 Å². The van der Waals surface area contributed by atoms with Gasteiger partial charge in [0.1, 0.15) is 0 Å². The lowest BCUT2D eigenvalue weighted by Crippen LogP contribution is -2.45. The van der Waals surface area contributed by atoms with E-state index in [1.807, 2.05) is 0 Å². The van der Waals surface area contributed by atoms with Crippen LogP contribution in [0.3, 0.4) is 0 Å². The third kappa shape index (κ3) is 2.81. The van der Waals surface area contributed by atoms with Gasteiger partial charge in [-0.25, -0.2) is 0 Å². The fraction of sp³-hybridized carbons (Fsp3) is 1.00. The van der Waals surface area contributed by atoms with Gasteiger partial charge in [0.15, 0.2) is 0 Å². The highest BCUT2D eigenvalue weighted by molar-refractivity contribution is 7.86. The number of hydrogen-bond acceptors (Lipinski definition) is 3. The Balaban J connectivity index is 2.01. The lowest BCUT2D eigenvalue weighted by molar-refractivity contribution is 0.132. The Bertz CT molecular complexity index is 350. The third-order valence-corrected chi connectivity index (χ3v) is 5.84. The smallest absolute Gasteiger partial charge is 0.281 e. The zero-order valence-corrected chi connectivity index (χ0v) is 11.2. The second-order valence-corrected chi connectivity index (χ2v) is 7.04. The number of rotatable bonds is 3. The molecule has 2 heterocycles. The molecule has 0 bridgehead atoms. The number of hydrogen-bond donors (Lipinski definition) is 1. The van der Waals surface area contributed by atoms with E-state index in [4.69, 9.17) is 0 Å². The quantitative estimate of drug-likeness (QED) is 0.802. The Morgan fingerprint density at radius 1 is 1.12 bits per heavy atom. The normalized spacial score (nSPS) is 30.6. The second-order valence-electron chi connectivity index (χ2n) is 5.11. The maximum atomic E-state index is 12.3. The van der Waals surface area contributed by atoms with Crippen molar-refractivity contribution in [3.63, 3.8) is 0 Å². The topological polar surface area (TPSA) is 60.9 Å². The van der Waals surface area contributed by atoms with Crippen molar-refractivity contribution in [1.29, 1.82) is 0 Å². The van der Waals surface area contributed by atoms with E-state index < -0.39 is 16.3 Å². The molecule has 0 radical (unpaired) electrons. The molecule has 17 heavy (non-hydrogen) atoms. The summed E-state index contributed by atoms with van der Waals surface area (Å²) < 4.78 is 27.8. The van der Waals surface area contributed by atoms with Crippen LogP contribution in [-0.2, 0) is 10.2 Å². The molecule has 100 valence electrons. The van der Waals surface area contributed by atoms with Crippen LogP contribution in [0.5, 0.6) is 0 Å². The highest BCUT2D eigenvalue weighted by Crippen LogP contribution is 2.25. The van der Waals surface area contributed by atoms with Gasteiger partial charge in [0.25, 0.3) is 10.2 Å². The van der Waals surface area contributed by atoms with Crippen LogP contribution in [0.1, 0.15) is 32.6 Å². The van der Waals surface area contributed by atoms with Gasteiger partial charge in [-0.3, -0.25) is 0 Å². The Kier molecular flexibility index (Phi) is 4.07. The minimum absolute atomic E-state index is 0.0922. The molecule has 0 amide bonds. The number of piperidine rings is 1. The van der Waals surface area contributed by atoms with Crippen LogP contribution < -0.4 is 0 Å². The maximum absolute atomic E-state index is 12.3. The van der Waals surface area contributed by atoms with E-state index in [0.717, 1.165) is 25.7 Å². The average Bonchev–Trinajstić information content (AvgIpc) is 2.80. The van der Waals surface area contributed by atoms with E-state index in [2.05, 4.69) is 0 Å². The fourth-order valence-corrected chi connectivity index (χ4v) is 4.38. The first-order chi connectivity index (χ1) is 8.01. The molecule has 1 N–H and O–H groups in total. The van der Waals surface area contributed by atoms with Crippen LogP contribution in [0, 0.1) is 5.92 Å². The highest BCUT2D eigenvalue weighted by atomic mass is 32.2. The van der Waals surface area contributed by atoms with Gasteiger partial charge in [0, 0.05) is 26.2 Å². The standard InChI is InChI=1S/C11H22N2O3S/c1-10(14)11-5-8-13(9-11)17(15,16)12-6-3-2-4-7-12/h10-11,14H,2-9H2,1H3. The lowest BCUT2D eigenvalue weighted by Gasteiger charge is -2.30. The fourth-order valence-electron chi connectivity index (χ4n) is 2.62. The summed E-state index contributed by atoms with van der Waals surface area (Å²) in [7, 11) is -3.27. The number of aliphatic hydroxyl groups excluding tert-OH is 1. The molecule has 2 rings (SSSR count). The second kappa shape index (κ2) is 5.22. The summed E-state index contributed by atoms with van der Waals surface area (Å²) in [4.78, 5) is 0. The molecule has 0 aromatic rings. The number of aliphatic hydroxyl groups is 1. The minimum atomic E-state index is -3.27. The Labute approximate surface area is 104 Å². The van der Waals surface area contributed by atoms with Crippen LogP contribution in [0.15, 0.2) is 0 Å². The molecule has 0 spiro atoms. The summed E-state index contributed by atoms with van der Waals surface area (Å²) in [5.74, 6) is 0.0922. The first-order valence-electron chi connectivity index (χ1n) is 6.45. The molecule has 5 nitrogen and oxygen atoms in total. The Morgan fingerprint density at radius 3 is 2.29 bits per heavy atom. The molecule has 0 aromatic heterocycles. The molecule has 0 saturated carbocycles. The summed E-state index contributed by atoms with van der Waals surface area (Å²) >= 11 is 0. The Morgan fingerprint density at radius 2 is 1.76 bits per heavy atom. The monoisotopic (exact) mass is 262 g/mol. The van der Waals surface area contributed by atoms with Gasteiger partial charge in [-0.1, -0.05) is 6.42 Å². The van der Waals surface area contributed by atoms with E-state index in [9.17, 15) is 13.5 Å². The van der Waals surface area contributed by atoms with Gasteiger partial charge >= 0.3 is 0 Å². The molecular formula is C11H22N2O3S. The zero-order chi connectivity index (χ0) is 12.5. The first kappa shape index (κ1) is 13.3. The first-order valence-corrected chi connectivity index (χ1v) is 7.85. The molecule has 6 heteroatoms. The van der Waals surface area contributed by atoms with Crippen molar-refractivity contribution in [2.75, 3.05) is 26.2 Å². The summed E-state index contributed by atoms with van der Waals surface area (Å²) in [6.07, 6.45) is 3.41. The minimum Gasteiger partial charge on any atom is -0.393 e. The summed E-state index contributed by atoms with van der Waals surface area (Å²) in [6, 6.07) is 0. The van der Waals surface area contributed by atoms with Crippen LogP contribution in [-0.4, -0.2) is 54.4 Å². The zero-order valence-electron chi connectivity index (χ0n) is 10.4. The SMILES string of the molecule is CC(O)C1CCN(S(=O)(=O)N2CCCCC2)C1. The van der Waals surface area contributed by atoms with Crippen molar-refractivity contribution < 1.29 is 13.5 Å². The van der Waals surface area contributed by atoms with E-state index in [1.54, 1.807) is 11.2 Å². The molecule has 2 aliphatic heterocycles. The molecule has 2 fully saturated rings. The van der Waals surface area contributed by atoms with Gasteiger partial charge in [0.05, 0.1) is 6.10 Å². The van der Waals surface area contributed by atoms with E-state index in [-0.39, 0.29) is 5.92 Å². The van der Waals surface area contributed by atoms with Crippen LogP contribution in [0.2, 0.25) is 0 Å².